The lowest BCUT2D eigenvalue weighted by atomic mass is 9.91. The Morgan fingerprint density at radius 1 is 0.383 bits per heavy atom. The fraction of sp³-hybridized carbons (Fsp3) is 0.287. The first-order valence-corrected chi connectivity index (χ1v) is 46.2. The average molecular weight is 1920 g/mol. The summed E-state index contributed by atoms with van der Waals surface area (Å²) in [7, 11) is -7.24. The normalized spacial score (nSPS) is 12.8. The second-order valence-electron chi connectivity index (χ2n) is 31.9. The summed E-state index contributed by atoms with van der Waals surface area (Å²) in [5.74, 6) is -7.00. The maximum Gasteiger partial charge on any atom is 0.338 e. The maximum atomic E-state index is 13.4. The number of hydrogen-bond donors (Lipinski definition) is 15. The van der Waals surface area contributed by atoms with Crippen molar-refractivity contribution < 1.29 is 141 Å². The number of halogens is 4. The van der Waals surface area contributed by atoms with Crippen molar-refractivity contribution in [3.05, 3.63) is 338 Å². The third kappa shape index (κ3) is 34.5. The van der Waals surface area contributed by atoms with E-state index in [0.717, 1.165) is 60.0 Å². The molecule has 0 spiro atoms. The first-order valence-electron chi connectivity index (χ1n) is 40.7. The number of aliphatic hydroxyl groups excluding tert-OH is 6. The van der Waals surface area contributed by atoms with Crippen molar-refractivity contribution in [3.8, 4) is 0 Å². The van der Waals surface area contributed by atoms with Crippen LogP contribution >= 0.6 is 0 Å². The van der Waals surface area contributed by atoms with Gasteiger partial charge in [0.05, 0.1) is 90.4 Å². The van der Waals surface area contributed by atoms with Gasteiger partial charge in [0.15, 0.2) is 5.54 Å². The summed E-state index contributed by atoms with van der Waals surface area (Å²) in [5.41, 5.74) is 14.1. The number of carboxylic acids is 2. The Kier molecular flexibility index (Phi) is 42.0. The summed E-state index contributed by atoms with van der Waals surface area (Å²) in [6.45, 7) is 2.62. The molecule has 4 amide bonds. The van der Waals surface area contributed by atoms with E-state index in [9.17, 15) is 92.4 Å². The van der Waals surface area contributed by atoms with Crippen LogP contribution in [0.1, 0.15) is 140 Å². The molecular weight excluding hydrogens is 1810 g/mol. The number of aliphatic carboxylic acids is 1. The van der Waals surface area contributed by atoms with Gasteiger partial charge in [0.2, 0.25) is 30.1 Å². The SMILES string of the molecule is C[C@@H](NC(=O)c1cc(C(=O)NC(CO)(CO)Cc2ccccc2)cc(N(C)S(C)(=O)=O)c1)c1ccc(F)cc1.C[C@@H](NC(=O)c1cc(C(=O)O)cc(N(C)S(C)(=O)=O)c1)c1ccc(F)cc1.C[C@@H](NC(=O)c1cc(C(=O)OCC([NH3+])(CO)Cc2ccccc2)cc(N(C)S(C)(=O)=O)c1)c1ccc(F)cc1.NC(CO)(Cc1ccccc1)C(=O)O.[Cl-].[NH3+]C(CO)(CO)Cc1ccccc1. The number of quaternary nitrogens is 2. The summed E-state index contributed by atoms with van der Waals surface area (Å²) in [6.07, 6.45) is 4.15. The molecule has 5 atom stereocenters. The monoisotopic (exact) mass is 1920 g/mol. The Morgan fingerprint density at radius 2 is 0.654 bits per heavy atom. The molecule has 0 fully saturated rings. The molecule has 20 N–H and O–H groups in total. The Balaban J connectivity index is 0.000000311. The highest BCUT2D eigenvalue weighted by atomic mass is 35.5. The molecule has 0 bridgehead atoms. The number of carboxylic acid groups (broad SMARTS) is 2. The van der Waals surface area contributed by atoms with Gasteiger partial charge in [-0.05, 0) is 151 Å². The van der Waals surface area contributed by atoms with E-state index >= 15 is 0 Å². The number of nitrogens with one attached hydrogen (secondary N) is 4. The van der Waals surface area contributed by atoms with Crippen LogP contribution in [0.3, 0.4) is 0 Å². The van der Waals surface area contributed by atoms with Crippen LogP contribution in [0.4, 0.5) is 30.2 Å². The molecule has 10 rings (SSSR count). The number of carbonyl (C=O) groups is 7. The summed E-state index contributed by atoms with van der Waals surface area (Å²) in [5, 5.41) is 86.0. The van der Waals surface area contributed by atoms with Crippen LogP contribution in [-0.4, -0.2) is 216 Å². The molecule has 0 aliphatic heterocycles. The molecule has 39 heteroatoms. The summed E-state index contributed by atoms with van der Waals surface area (Å²) in [6, 6.07) is 63.9. The third-order valence-electron chi connectivity index (χ3n) is 20.8. The Labute approximate surface area is 776 Å². The van der Waals surface area contributed by atoms with Crippen molar-refractivity contribution in [2.45, 2.75) is 86.7 Å². The van der Waals surface area contributed by atoms with Gasteiger partial charge in [-0.15, -0.1) is 0 Å². The van der Waals surface area contributed by atoms with Gasteiger partial charge in [-0.3, -0.25) is 36.9 Å². The topological polar surface area (TPSA) is 532 Å². The molecule has 0 radical (unpaired) electrons. The highest BCUT2D eigenvalue weighted by Crippen LogP contribution is 2.28. The van der Waals surface area contributed by atoms with E-state index < -0.39 is 149 Å². The van der Waals surface area contributed by atoms with Gasteiger partial charge in [0, 0.05) is 69.1 Å². The fourth-order valence-corrected chi connectivity index (χ4v) is 13.9. The average Bonchev–Trinajstić information content (AvgIpc) is 0.734. The van der Waals surface area contributed by atoms with E-state index in [0.29, 0.717) is 29.5 Å². The van der Waals surface area contributed by atoms with E-state index in [1.54, 1.807) is 81.4 Å². The Hall–Kier alpha value is -12.5. The number of carbonyl (C=O) groups excluding carboxylic acids is 5. The minimum atomic E-state index is -3.74. The van der Waals surface area contributed by atoms with Crippen molar-refractivity contribution in [3.63, 3.8) is 0 Å². The van der Waals surface area contributed by atoms with Crippen molar-refractivity contribution >= 4 is 88.7 Å². The lowest BCUT2D eigenvalue weighted by Crippen LogP contribution is -3.00. The molecule has 10 aromatic carbocycles. The van der Waals surface area contributed by atoms with E-state index in [-0.39, 0.29) is 102 Å². The molecule has 716 valence electrons. The van der Waals surface area contributed by atoms with Gasteiger partial charge in [-0.1, -0.05) is 158 Å². The van der Waals surface area contributed by atoms with E-state index in [1.165, 1.54) is 130 Å². The van der Waals surface area contributed by atoms with Crippen LogP contribution in [0, 0.1) is 17.5 Å². The molecule has 32 nitrogen and oxygen atoms in total. The summed E-state index contributed by atoms with van der Waals surface area (Å²) in [4.78, 5) is 87.4. The molecular formula is C94H113ClF3N10O22S3+. The first kappa shape index (κ1) is 111. The van der Waals surface area contributed by atoms with E-state index in [2.05, 4.69) is 32.7 Å². The molecule has 0 aromatic heterocycles. The number of ether oxygens (including phenoxy) is 1. The highest BCUT2D eigenvalue weighted by molar-refractivity contribution is 7.92. The minimum absolute atomic E-state index is 0. The molecule has 0 saturated carbocycles. The molecule has 0 heterocycles. The highest BCUT2D eigenvalue weighted by Gasteiger charge is 2.36. The maximum absolute atomic E-state index is 13.4. The van der Waals surface area contributed by atoms with Gasteiger partial charge in [0.1, 0.15) is 55.0 Å². The smallest absolute Gasteiger partial charge is 0.338 e. The molecule has 0 aliphatic rings. The number of nitrogens with two attached hydrogens (primary N) is 1. The van der Waals surface area contributed by atoms with Gasteiger partial charge in [-0.25, -0.2) is 48.0 Å². The number of esters is 1. The molecule has 0 saturated heterocycles. The van der Waals surface area contributed by atoms with Crippen molar-refractivity contribution in [2.75, 3.05) is 99.1 Å². The van der Waals surface area contributed by atoms with Gasteiger partial charge < -0.3 is 96.5 Å². The van der Waals surface area contributed by atoms with E-state index in [4.69, 9.17) is 30.9 Å². The lowest BCUT2D eigenvalue weighted by molar-refractivity contribution is -0.489. The molecule has 10 aromatic rings. The number of aliphatic hydroxyl groups is 6. The zero-order valence-electron chi connectivity index (χ0n) is 74.5. The van der Waals surface area contributed by atoms with Crippen LogP contribution in [-0.2, 0) is 65.3 Å². The molecule has 0 aliphatic carbocycles. The predicted molar refractivity (Wildman–Crippen MR) is 492 cm³/mol. The number of benzene rings is 10. The van der Waals surface area contributed by atoms with Crippen LogP contribution in [0.25, 0.3) is 0 Å². The first-order chi connectivity index (χ1) is 61.9. The second-order valence-corrected chi connectivity index (χ2v) is 38.0. The van der Waals surface area contributed by atoms with Crippen molar-refractivity contribution in [2.24, 2.45) is 5.73 Å². The zero-order valence-corrected chi connectivity index (χ0v) is 77.7. The third-order valence-corrected chi connectivity index (χ3v) is 24.4. The number of hydrogen-bond acceptors (Lipinski definition) is 21. The minimum Gasteiger partial charge on any atom is -1.00 e. The van der Waals surface area contributed by atoms with Crippen LogP contribution in [0.5, 0.6) is 0 Å². The number of sulfonamides is 3. The number of anilines is 3. The van der Waals surface area contributed by atoms with Crippen molar-refractivity contribution in [1.82, 2.24) is 21.3 Å². The molecule has 133 heavy (non-hydrogen) atoms. The van der Waals surface area contributed by atoms with Gasteiger partial charge in [-0.2, -0.15) is 0 Å². The largest absolute Gasteiger partial charge is 1.00 e. The van der Waals surface area contributed by atoms with Crippen LogP contribution in [0.15, 0.2) is 249 Å². The Morgan fingerprint density at radius 3 is 0.940 bits per heavy atom. The van der Waals surface area contributed by atoms with Crippen LogP contribution < -0.4 is 63.8 Å². The quantitative estimate of drug-likeness (QED) is 0.0251. The van der Waals surface area contributed by atoms with Crippen molar-refractivity contribution in [1.29, 1.82) is 0 Å². The summed E-state index contributed by atoms with van der Waals surface area (Å²) >= 11 is 0. The number of aromatic carboxylic acids is 1. The fourth-order valence-electron chi connectivity index (χ4n) is 12.5. The van der Waals surface area contributed by atoms with Crippen LogP contribution in [0.2, 0.25) is 0 Å². The van der Waals surface area contributed by atoms with E-state index in [1.807, 2.05) is 72.8 Å². The molecule has 2 unspecified atom stereocenters. The number of rotatable bonds is 36. The summed E-state index contributed by atoms with van der Waals surface area (Å²) < 4.78 is 120. The second kappa shape index (κ2) is 50.4. The number of nitrogens with zero attached hydrogens (tertiary/aromatic N) is 3. The standard InChI is InChI=1S/2C28H32FN3O6S.C18H19FN2O5S.C10H13NO3.C10H15NO2.ClH/c1-19(21-9-11-24(29)12-10-21)31-26(34)22-13-23(15-25(14-22)32(2)39(3,36)37)27(35)38-18-28(30,17-33)16-20-7-5-4-6-8-20;1-19(21-9-11-24(29)12-10-21)30-26(35)22-13-23(15-25(14-22)32(2)39(3,37)38)27(36)31-28(17-33,18-34)16-20-7-5-4-6-8-20;1-11(12-4-6-15(19)7-5-12)20-17(22)13-8-14(18(23)24)10-16(9-13)21(2)27(3,25)26;11-10(7-12,9(13)14)6-8-4-2-1-3-5-8;11-10(7-12,8-13)6-9-4-2-1-3-5-9;/h4-15,19,33H,16-18,30H2,1-3H3,(H,31,34);4-15,19,33-34H,16-18H2,1-3H3,(H,30,35)(H,31,36);4-11H,1-3H3,(H,20,22)(H,23,24);1-5,12H,6-7,11H2,(H,13,14);1-5,12-13H,6-8,11H2;1H/p+1/t19-,28?;19-;11-;;;/m111.../s1. The van der Waals surface area contributed by atoms with Gasteiger partial charge >= 0.3 is 17.9 Å². The lowest BCUT2D eigenvalue weighted by Gasteiger charge is -2.31. The Bertz CT molecular complexity index is 5900. The number of amides is 4. The van der Waals surface area contributed by atoms with Gasteiger partial charge in [0.25, 0.3) is 23.6 Å². The predicted octanol–water partition coefficient (Wildman–Crippen LogP) is 3.11. The zero-order chi connectivity index (χ0) is 98.3.